The fourth-order valence-electron chi connectivity index (χ4n) is 2.33. The molecule has 1 fully saturated rings. The zero-order valence-corrected chi connectivity index (χ0v) is 16.5. The SMILES string of the molecule is COc1ccc(/C=N\N=C2NC(=O)C[C@H](C(=O)Nc3ccc(Cl)cc3)S2)cc1. The first-order valence-electron chi connectivity index (χ1n) is 8.31. The van der Waals surface area contributed by atoms with Gasteiger partial charge in [0.2, 0.25) is 11.8 Å². The third-order valence-corrected chi connectivity index (χ3v) is 5.07. The van der Waals surface area contributed by atoms with Gasteiger partial charge in [0.25, 0.3) is 0 Å². The van der Waals surface area contributed by atoms with E-state index in [0.29, 0.717) is 10.7 Å². The maximum atomic E-state index is 12.4. The zero-order valence-electron chi connectivity index (χ0n) is 14.9. The summed E-state index contributed by atoms with van der Waals surface area (Å²) in [5.74, 6) is 0.176. The number of anilines is 1. The predicted octanol–water partition coefficient (Wildman–Crippen LogP) is 3.30. The van der Waals surface area contributed by atoms with Crippen molar-refractivity contribution < 1.29 is 14.3 Å². The Hall–Kier alpha value is -2.84. The van der Waals surface area contributed by atoms with Crippen molar-refractivity contribution in [1.29, 1.82) is 0 Å². The number of nitrogens with zero attached hydrogens (tertiary/aromatic N) is 2. The lowest BCUT2D eigenvalue weighted by Gasteiger charge is -2.21. The van der Waals surface area contributed by atoms with Gasteiger partial charge in [-0.3, -0.25) is 9.59 Å². The largest absolute Gasteiger partial charge is 0.497 e. The van der Waals surface area contributed by atoms with E-state index in [-0.39, 0.29) is 23.4 Å². The number of hydrogen-bond acceptors (Lipinski definition) is 6. The number of hydrogen-bond donors (Lipinski definition) is 2. The highest BCUT2D eigenvalue weighted by Gasteiger charge is 2.30. The number of amidine groups is 1. The van der Waals surface area contributed by atoms with Crippen LogP contribution in [0.1, 0.15) is 12.0 Å². The molecular weight excluding hydrogens is 400 g/mol. The molecule has 2 N–H and O–H groups in total. The van der Waals surface area contributed by atoms with E-state index in [9.17, 15) is 9.59 Å². The summed E-state index contributed by atoms with van der Waals surface area (Å²) in [6.07, 6.45) is 1.61. The van der Waals surface area contributed by atoms with Crippen LogP contribution in [0.4, 0.5) is 5.69 Å². The van der Waals surface area contributed by atoms with Gasteiger partial charge < -0.3 is 15.4 Å². The van der Waals surface area contributed by atoms with E-state index in [1.807, 2.05) is 24.3 Å². The summed E-state index contributed by atoms with van der Waals surface area (Å²) in [5, 5.41) is 13.6. The smallest absolute Gasteiger partial charge is 0.238 e. The number of ether oxygens (including phenoxy) is 1. The molecule has 3 rings (SSSR count). The Balaban J connectivity index is 1.63. The van der Waals surface area contributed by atoms with Gasteiger partial charge in [0, 0.05) is 17.1 Å². The molecule has 0 aromatic heterocycles. The van der Waals surface area contributed by atoms with Crippen molar-refractivity contribution in [2.24, 2.45) is 10.2 Å². The van der Waals surface area contributed by atoms with Crippen LogP contribution in [0.15, 0.2) is 58.7 Å². The van der Waals surface area contributed by atoms with E-state index in [1.165, 1.54) is 0 Å². The molecule has 0 spiro atoms. The highest BCUT2D eigenvalue weighted by atomic mass is 35.5. The first-order chi connectivity index (χ1) is 13.5. The van der Waals surface area contributed by atoms with E-state index in [1.54, 1.807) is 37.6 Å². The molecule has 0 bridgehead atoms. The number of methoxy groups -OCH3 is 1. The van der Waals surface area contributed by atoms with Crippen LogP contribution in [-0.2, 0) is 9.59 Å². The van der Waals surface area contributed by atoms with Crippen molar-refractivity contribution >= 4 is 52.2 Å². The van der Waals surface area contributed by atoms with E-state index in [2.05, 4.69) is 20.8 Å². The Bertz CT molecular complexity index is 914. The third-order valence-electron chi connectivity index (χ3n) is 3.75. The van der Waals surface area contributed by atoms with Gasteiger partial charge in [-0.1, -0.05) is 23.4 Å². The topological polar surface area (TPSA) is 92.2 Å². The number of thioether (sulfide) groups is 1. The molecule has 0 unspecified atom stereocenters. The molecule has 0 aliphatic carbocycles. The Morgan fingerprint density at radius 3 is 2.64 bits per heavy atom. The van der Waals surface area contributed by atoms with Crippen molar-refractivity contribution in [2.45, 2.75) is 11.7 Å². The summed E-state index contributed by atoms with van der Waals surface area (Å²) < 4.78 is 5.10. The average molecular weight is 417 g/mol. The Kier molecular flexibility index (Phi) is 6.67. The van der Waals surface area contributed by atoms with Crippen molar-refractivity contribution in [3.63, 3.8) is 0 Å². The minimum absolute atomic E-state index is 0.0608. The van der Waals surface area contributed by atoms with Crippen LogP contribution in [-0.4, -0.2) is 35.6 Å². The molecule has 28 heavy (non-hydrogen) atoms. The molecule has 9 heteroatoms. The molecule has 1 aliphatic heterocycles. The second kappa shape index (κ2) is 9.38. The van der Waals surface area contributed by atoms with Gasteiger partial charge in [0.1, 0.15) is 11.0 Å². The van der Waals surface area contributed by atoms with Crippen LogP contribution in [0.25, 0.3) is 0 Å². The quantitative estimate of drug-likeness (QED) is 0.577. The molecular formula is C19H17ClN4O3S. The van der Waals surface area contributed by atoms with Gasteiger partial charge >= 0.3 is 0 Å². The minimum atomic E-state index is -0.598. The maximum Gasteiger partial charge on any atom is 0.238 e. The number of amides is 2. The zero-order chi connectivity index (χ0) is 19.9. The van der Waals surface area contributed by atoms with Gasteiger partial charge in [-0.25, -0.2) is 0 Å². The van der Waals surface area contributed by atoms with Gasteiger partial charge in [0.15, 0.2) is 5.17 Å². The Labute approximate surface area is 171 Å². The number of carbonyl (C=O) groups is 2. The lowest BCUT2D eigenvalue weighted by atomic mass is 10.2. The summed E-state index contributed by atoms with van der Waals surface area (Å²) >= 11 is 6.99. The lowest BCUT2D eigenvalue weighted by Crippen LogP contribution is -2.41. The Morgan fingerprint density at radius 2 is 1.96 bits per heavy atom. The molecule has 1 heterocycles. The van der Waals surface area contributed by atoms with Crippen molar-refractivity contribution in [3.8, 4) is 5.75 Å². The lowest BCUT2D eigenvalue weighted by molar-refractivity contribution is -0.123. The number of rotatable bonds is 5. The van der Waals surface area contributed by atoms with Crippen LogP contribution >= 0.6 is 23.4 Å². The van der Waals surface area contributed by atoms with Crippen LogP contribution in [0, 0.1) is 0 Å². The molecule has 2 aromatic carbocycles. The predicted molar refractivity (Wildman–Crippen MR) is 112 cm³/mol. The van der Waals surface area contributed by atoms with E-state index < -0.39 is 5.25 Å². The van der Waals surface area contributed by atoms with E-state index >= 15 is 0 Å². The second-order valence-electron chi connectivity index (χ2n) is 5.78. The summed E-state index contributed by atoms with van der Waals surface area (Å²) in [6.45, 7) is 0. The number of carbonyl (C=O) groups excluding carboxylic acids is 2. The first kappa shape index (κ1) is 19.9. The van der Waals surface area contributed by atoms with Crippen molar-refractivity contribution in [3.05, 3.63) is 59.1 Å². The fourth-order valence-corrected chi connectivity index (χ4v) is 3.40. The van der Waals surface area contributed by atoms with Crippen LogP contribution in [0.2, 0.25) is 5.02 Å². The summed E-state index contributed by atoms with van der Waals surface area (Å²) in [4.78, 5) is 24.4. The van der Waals surface area contributed by atoms with Gasteiger partial charge in [0.05, 0.1) is 13.3 Å². The molecule has 2 amide bonds. The highest BCUT2D eigenvalue weighted by Crippen LogP contribution is 2.23. The molecule has 0 saturated carbocycles. The van der Waals surface area contributed by atoms with Gasteiger partial charge in [-0.15, -0.1) is 5.10 Å². The van der Waals surface area contributed by atoms with Crippen molar-refractivity contribution in [1.82, 2.24) is 5.32 Å². The first-order valence-corrected chi connectivity index (χ1v) is 9.57. The molecule has 7 nitrogen and oxygen atoms in total. The molecule has 2 aromatic rings. The molecule has 1 atom stereocenters. The average Bonchev–Trinajstić information content (AvgIpc) is 2.70. The normalized spacial score (nSPS) is 18.1. The maximum absolute atomic E-state index is 12.4. The molecule has 1 aliphatic rings. The minimum Gasteiger partial charge on any atom is -0.497 e. The summed E-state index contributed by atoms with van der Waals surface area (Å²) in [5.41, 5.74) is 1.44. The van der Waals surface area contributed by atoms with Crippen molar-refractivity contribution in [2.75, 3.05) is 12.4 Å². The van der Waals surface area contributed by atoms with E-state index in [4.69, 9.17) is 16.3 Å². The van der Waals surface area contributed by atoms with Crippen LogP contribution in [0.3, 0.4) is 0 Å². The van der Waals surface area contributed by atoms with Crippen LogP contribution < -0.4 is 15.4 Å². The van der Waals surface area contributed by atoms with E-state index in [0.717, 1.165) is 23.1 Å². The van der Waals surface area contributed by atoms with Crippen LogP contribution in [0.5, 0.6) is 5.75 Å². The monoisotopic (exact) mass is 416 g/mol. The standard InChI is InChI=1S/C19H17ClN4O3S/c1-27-15-8-2-12(3-9-15)11-21-24-19-23-17(25)10-16(28-19)18(26)22-14-6-4-13(20)5-7-14/h2-9,11,16H,10H2,1H3,(H,22,26)(H,23,24,25)/b21-11-/t16-/m1/s1. The van der Waals surface area contributed by atoms with Gasteiger partial charge in [-0.05, 0) is 54.1 Å². The summed E-state index contributed by atoms with van der Waals surface area (Å²) in [6, 6.07) is 14.0. The fraction of sp³-hybridized carbons (Fsp3) is 0.158. The molecule has 144 valence electrons. The summed E-state index contributed by atoms with van der Waals surface area (Å²) in [7, 11) is 1.59. The van der Waals surface area contributed by atoms with Gasteiger partial charge in [-0.2, -0.15) is 5.10 Å². The number of halogens is 1. The third kappa shape index (κ3) is 5.58. The Morgan fingerprint density at radius 1 is 1.25 bits per heavy atom. The highest BCUT2D eigenvalue weighted by molar-refractivity contribution is 8.15. The number of benzene rings is 2. The second-order valence-corrected chi connectivity index (χ2v) is 7.41. The number of nitrogens with one attached hydrogen (secondary N) is 2. The molecule has 1 saturated heterocycles. The molecule has 0 radical (unpaired) electrons.